The van der Waals surface area contributed by atoms with E-state index in [0.29, 0.717) is 23.5 Å². The lowest BCUT2D eigenvalue weighted by Crippen LogP contribution is -2.13. The summed E-state index contributed by atoms with van der Waals surface area (Å²) >= 11 is 1.64. The predicted octanol–water partition coefficient (Wildman–Crippen LogP) is 1.97. The highest BCUT2D eigenvalue weighted by Crippen LogP contribution is 2.24. The van der Waals surface area contributed by atoms with Crippen LogP contribution in [0.5, 0.6) is 5.75 Å². The first-order valence-electron chi connectivity index (χ1n) is 4.89. The smallest absolute Gasteiger partial charge is 0.225 e. The first kappa shape index (κ1) is 12.7. The standard InChI is InChI=1S/C11H16N2O2S/c1-15-8-3-4-9(12)10(7-8)13-11(14)5-6-16-2/h3-4,7H,5-6,12H2,1-2H3,(H,13,14). The molecule has 16 heavy (non-hydrogen) atoms. The summed E-state index contributed by atoms with van der Waals surface area (Å²) in [7, 11) is 1.57. The monoisotopic (exact) mass is 240 g/mol. The fourth-order valence-corrected chi connectivity index (χ4v) is 1.57. The third-order valence-electron chi connectivity index (χ3n) is 2.07. The van der Waals surface area contributed by atoms with Crippen molar-refractivity contribution in [3.8, 4) is 5.75 Å². The molecule has 0 bridgehead atoms. The van der Waals surface area contributed by atoms with Gasteiger partial charge in [0.25, 0.3) is 0 Å². The van der Waals surface area contributed by atoms with E-state index < -0.39 is 0 Å². The topological polar surface area (TPSA) is 64.3 Å². The summed E-state index contributed by atoms with van der Waals surface area (Å²) < 4.78 is 5.06. The second-order valence-corrected chi connectivity index (χ2v) is 4.23. The molecule has 5 heteroatoms. The second-order valence-electron chi connectivity index (χ2n) is 3.24. The van der Waals surface area contributed by atoms with Crippen LogP contribution < -0.4 is 15.8 Å². The molecule has 0 atom stereocenters. The Balaban J connectivity index is 2.68. The molecule has 0 aliphatic carbocycles. The highest BCUT2D eigenvalue weighted by molar-refractivity contribution is 7.98. The largest absolute Gasteiger partial charge is 0.497 e. The quantitative estimate of drug-likeness (QED) is 0.772. The van der Waals surface area contributed by atoms with E-state index >= 15 is 0 Å². The van der Waals surface area contributed by atoms with Gasteiger partial charge >= 0.3 is 0 Å². The summed E-state index contributed by atoms with van der Waals surface area (Å²) in [6.07, 6.45) is 2.45. The zero-order valence-electron chi connectivity index (χ0n) is 9.45. The molecule has 0 aromatic heterocycles. The van der Waals surface area contributed by atoms with Gasteiger partial charge in [0.15, 0.2) is 0 Å². The molecule has 1 rings (SSSR count). The van der Waals surface area contributed by atoms with Crippen molar-refractivity contribution in [2.45, 2.75) is 6.42 Å². The minimum atomic E-state index is -0.0331. The number of nitrogen functional groups attached to an aromatic ring is 1. The highest BCUT2D eigenvalue weighted by Gasteiger charge is 2.06. The number of carbonyl (C=O) groups excluding carboxylic acids is 1. The van der Waals surface area contributed by atoms with Crippen molar-refractivity contribution in [2.75, 3.05) is 30.2 Å². The van der Waals surface area contributed by atoms with Crippen molar-refractivity contribution in [2.24, 2.45) is 0 Å². The van der Waals surface area contributed by atoms with Gasteiger partial charge in [0, 0.05) is 18.2 Å². The summed E-state index contributed by atoms with van der Waals surface area (Å²) in [5.74, 6) is 1.44. The van der Waals surface area contributed by atoms with E-state index in [1.165, 1.54) is 0 Å². The van der Waals surface area contributed by atoms with Crippen molar-refractivity contribution in [3.63, 3.8) is 0 Å². The molecule has 1 aromatic rings. The molecule has 1 aromatic carbocycles. The van der Waals surface area contributed by atoms with Crippen LogP contribution in [0.2, 0.25) is 0 Å². The lowest BCUT2D eigenvalue weighted by atomic mass is 10.2. The Morgan fingerprint density at radius 2 is 2.31 bits per heavy atom. The molecule has 0 radical (unpaired) electrons. The van der Waals surface area contributed by atoms with Gasteiger partial charge in [-0.3, -0.25) is 4.79 Å². The summed E-state index contributed by atoms with van der Waals surface area (Å²) in [5, 5.41) is 2.76. The minimum absolute atomic E-state index is 0.0331. The fourth-order valence-electron chi connectivity index (χ4n) is 1.18. The number of benzene rings is 1. The summed E-state index contributed by atoms with van der Waals surface area (Å²) in [6.45, 7) is 0. The van der Waals surface area contributed by atoms with Crippen molar-refractivity contribution in [3.05, 3.63) is 18.2 Å². The first-order chi connectivity index (χ1) is 7.67. The molecule has 0 spiro atoms. The van der Waals surface area contributed by atoms with Gasteiger partial charge in [0.1, 0.15) is 5.75 Å². The van der Waals surface area contributed by atoms with Crippen LogP contribution in [0.4, 0.5) is 11.4 Å². The summed E-state index contributed by atoms with van der Waals surface area (Å²) in [4.78, 5) is 11.5. The Morgan fingerprint density at radius 3 is 2.94 bits per heavy atom. The van der Waals surface area contributed by atoms with Gasteiger partial charge in [0.05, 0.1) is 18.5 Å². The number of hydrogen-bond donors (Lipinski definition) is 2. The van der Waals surface area contributed by atoms with Gasteiger partial charge in [-0.2, -0.15) is 11.8 Å². The molecule has 88 valence electrons. The number of amides is 1. The van der Waals surface area contributed by atoms with Gasteiger partial charge in [-0.15, -0.1) is 0 Å². The SMILES string of the molecule is COc1ccc(N)c(NC(=O)CCSC)c1. The molecule has 0 fully saturated rings. The normalized spacial score (nSPS) is 9.88. The van der Waals surface area contributed by atoms with E-state index in [-0.39, 0.29) is 5.91 Å². The van der Waals surface area contributed by atoms with Crippen LogP contribution in [-0.4, -0.2) is 25.0 Å². The number of methoxy groups -OCH3 is 1. The van der Waals surface area contributed by atoms with E-state index in [9.17, 15) is 4.79 Å². The number of thioether (sulfide) groups is 1. The number of carbonyl (C=O) groups is 1. The average molecular weight is 240 g/mol. The van der Waals surface area contributed by atoms with Crippen LogP contribution in [0, 0.1) is 0 Å². The molecular weight excluding hydrogens is 224 g/mol. The molecule has 4 nitrogen and oxygen atoms in total. The van der Waals surface area contributed by atoms with Crippen molar-refractivity contribution < 1.29 is 9.53 Å². The van der Waals surface area contributed by atoms with Crippen LogP contribution in [-0.2, 0) is 4.79 Å². The summed E-state index contributed by atoms with van der Waals surface area (Å²) in [6, 6.07) is 5.18. The molecule has 3 N–H and O–H groups in total. The predicted molar refractivity (Wildman–Crippen MR) is 69.0 cm³/mol. The van der Waals surface area contributed by atoms with Crippen LogP contribution in [0.1, 0.15) is 6.42 Å². The number of rotatable bonds is 5. The number of ether oxygens (including phenoxy) is 1. The maximum atomic E-state index is 11.5. The fraction of sp³-hybridized carbons (Fsp3) is 0.364. The number of anilines is 2. The number of nitrogens with one attached hydrogen (secondary N) is 1. The molecule has 0 saturated heterocycles. The third-order valence-corrected chi connectivity index (χ3v) is 2.68. The third kappa shape index (κ3) is 3.66. The molecule has 0 unspecified atom stereocenters. The van der Waals surface area contributed by atoms with Gasteiger partial charge < -0.3 is 15.8 Å². The lowest BCUT2D eigenvalue weighted by molar-refractivity contribution is -0.115. The maximum absolute atomic E-state index is 11.5. The zero-order valence-corrected chi connectivity index (χ0v) is 10.3. The van der Waals surface area contributed by atoms with E-state index in [4.69, 9.17) is 10.5 Å². The van der Waals surface area contributed by atoms with E-state index in [1.807, 2.05) is 6.26 Å². The van der Waals surface area contributed by atoms with Gasteiger partial charge in [-0.25, -0.2) is 0 Å². The van der Waals surface area contributed by atoms with Crippen molar-refractivity contribution in [1.29, 1.82) is 0 Å². The van der Waals surface area contributed by atoms with Crippen molar-refractivity contribution in [1.82, 2.24) is 0 Å². The van der Waals surface area contributed by atoms with Crippen LogP contribution in [0.3, 0.4) is 0 Å². The molecule has 0 aliphatic rings. The Kier molecular flexibility index (Phi) is 4.98. The molecule has 0 heterocycles. The Hall–Kier alpha value is -1.36. The minimum Gasteiger partial charge on any atom is -0.497 e. The number of nitrogens with two attached hydrogens (primary N) is 1. The van der Waals surface area contributed by atoms with E-state index in [2.05, 4.69) is 5.32 Å². The molecule has 0 aliphatic heterocycles. The zero-order chi connectivity index (χ0) is 12.0. The molecular formula is C11H16N2O2S. The van der Waals surface area contributed by atoms with Gasteiger partial charge in [0.2, 0.25) is 5.91 Å². The molecule has 0 saturated carbocycles. The van der Waals surface area contributed by atoms with Crippen LogP contribution >= 0.6 is 11.8 Å². The summed E-state index contributed by atoms with van der Waals surface area (Å²) in [5.41, 5.74) is 6.89. The van der Waals surface area contributed by atoms with Crippen molar-refractivity contribution >= 4 is 29.0 Å². The maximum Gasteiger partial charge on any atom is 0.225 e. The number of hydrogen-bond acceptors (Lipinski definition) is 4. The van der Waals surface area contributed by atoms with E-state index in [1.54, 1.807) is 37.1 Å². The van der Waals surface area contributed by atoms with Crippen LogP contribution in [0.25, 0.3) is 0 Å². The average Bonchev–Trinajstić information content (AvgIpc) is 2.29. The van der Waals surface area contributed by atoms with Gasteiger partial charge in [-0.05, 0) is 18.4 Å². The highest BCUT2D eigenvalue weighted by atomic mass is 32.2. The Bertz CT molecular complexity index is 369. The first-order valence-corrected chi connectivity index (χ1v) is 6.29. The Labute approximate surface area is 99.5 Å². The molecule has 1 amide bonds. The van der Waals surface area contributed by atoms with Crippen LogP contribution in [0.15, 0.2) is 18.2 Å². The lowest BCUT2D eigenvalue weighted by Gasteiger charge is -2.09. The Morgan fingerprint density at radius 1 is 1.56 bits per heavy atom. The van der Waals surface area contributed by atoms with E-state index in [0.717, 1.165) is 5.75 Å². The second kappa shape index (κ2) is 6.27. The van der Waals surface area contributed by atoms with Gasteiger partial charge in [-0.1, -0.05) is 0 Å².